The Morgan fingerprint density at radius 2 is 1.62 bits per heavy atom. The van der Waals surface area contributed by atoms with Crippen LogP contribution in [0.25, 0.3) is 0 Å². The number of aryl methyl sites for hydroxylation is 2. The highest BCUT2D eigenvalue weighted by Gasteiger charge is 2.08. The molecule has 2 aromatic carbocycles. The minimum atomic E-state index is -0.119. The molecule has 0 radical (unpaired) electrons. The van der Waals surface area contributed by atoms with Crippen LogP contribution in [0.4, 0.5) is 0 Å². The van der Waals surface area contributed by atoms with Gasteiger partial charge in [-0.3, -0.25) is 4.79 Å². The first kappa shape index (κ1) is 19.7. The standard InChI is InChI=1S/C22H27NO3/c1-17(8-10-19-6-4-3-5-7-19)23-22(25)16-26-21-14-12-20(13-15-21)11-9-18(2)24/h3-7,12-15,17H,8-11,16H2,1-2H3,(H,23,25). The second-order valence-electron chi connectivity index (χ2n) is 6.63. The van der Waals surface area contributed by atoms with E-state index in [9.17, 15) is 9.59 Å². The zero-order chi connectivity index (χ0) is 18.8. The van der Waals surface area contributed by atoms with Gasteiger partial charge in [0.15, 0.2) is 6.61 Å². The van der Waals surface area contributed by atoms with Gasteiger partial charge in [0.2, 0.25) is 0 Å². The van der Waals surface area contributed by atoms with Crippen molar-refractivity contribution in [3.63, 3.8) is 0 Å². The normalized spacial score (nSPS) is 11.6. The second-order valence-corrected chi connectivity index (χ2v) is 6.63. The van der Waals surface area contributed by atoms with Gasteiger partial charge in [-0.1, -0.05) is 42.5 Å². The highest BCUT2D eigenvalue weighted by Crippen LogP contribution is 2.13. The lowest BCUT2D eigenvalue weighted by Gasteiger charge is -2.14. The van der Waals surface area contributed by atoms with Crippen LogP contribution in [-0.2, 0) is 22.4 Å². The van der Waals surface area contributed by atoms with E-state index in [4.69, 9.17) is 4.74 Å². The van der Waals surface area contributed by atoms with E-state index in [1.54, 1.807) is 6.92 Å². The van der Waals surface area contributed by atoms with Crippen LogP contribution in [0.5, 0.6) is 5.75 Å². The van der Waals surface area contributed by atoms with E-state index in [0.29, 0.717) is 12.2 Å². The van der Waals surface area contributed by atoms with Crippen LogP contribution < -0.4 is 10.1 Å². The van der Waals surface area contributed by atoms with E-state index in [0.717, 1.165) is 24.8 Å². The number of rotatable bonds is 10. The van der Waals surface area contributed by atoms with Crippen LogP contribution in [0, 0.1) is 0 Å². The summed E-state index contributed by atoms with van der Waals surface area (Å²) >= 11 is 0. The fraction of sp³-hybridized carbons (Fsp3) is 0.364. The van der Waals surface area contributed by atoms with Crippen molar-refractivity contribution in [2.24, 2.45) is 0 Å². The number of hydrogen-bond acceptors (Lipinski definition) is 3. The highest BCUT2D eigenvalue weighted by molar-refractivity contribution is 5.77. The molecule has 2 rings (SSSR count). The molecule has 1 N–H and O–H groups in total. The third-order valence-electron chi connectivity index (χ3n) is 4.18. The Balaban J connectivity index is 1.68. The smallest absolute Gasteiger partial charge is 0.258 e. The molecule has 0 aromatic heterocycles. The molecule has 0 saturated carbocycles. The van der Waals surface area contributed by atoms with Gasteiger partial charge in [-0.25, -0.2) is 0 Å². The van der Waals surface area contributed by atoms with Gasteiger partial charge in [0.05, 0.1) is 0 Å². The summed E-state index contributed by atoms with van der Waals surface area (Å²) in [6, 6.07) is 17.9. The summed E-state index contributed by atoms with van der Waals surface area (Å²) in [7, 11) is 0. The summed E-state index contributed by atoms with van der Waals surface area (Å²) in [6.07, 6.45) is 3.10. The fourth-order valence-corrected chi connectivity index (χ4v) is 2.64. The number of nitrogens with one attached hydrogen (secondary N) is 1. The van der Waals surface area contributed by atoms with Gasteiger partial charge in [-0.2, -0.15) is 0 Å². The quantitative estimate of drug-likeness (QED) is 0.708. The molecule has 138 valence electrons. The lowest BCUT2D eigenvalue weighted by atomic mass is 10.1. The molecule has 0 aliphatic rings. The van der Waals surface area contributed by atoms with Crippen molar-refractivity contribution in [2.45, 2.75) is 45.6 Å². The monoisotopic (exact) mass is 353 g/mol. The topological polar surface area (TPSA) is 55.4 Å². The van der Waals surface area contributed by atoms with Crippen molar-refractivity contribution >= 4 is 11.7 Å². The molecule has 2 aromatic rings. The van der Waals surface area contributed by atoms with Gasteiger partial charge < -0.3 is 14.8 Å². The Hall–Kier alpha value is -2.62. The highest BCUT2D eigenvalue weighted by atomic mass is 16.5. The molecule has 1 unspecified atom stereocenters. The van der Waals surface area contributed by atoms with Crippen molar-refractivity contribution in [1.29, 1.82) is 0 Å². The van der Waals surface area contributed by atoms with Crippen LogP contribution in [0.3, 0.4) is 0 Å². The lowest BCUT2D eigenvalue weighted by molar-refractivity contribution is -0.123. The zero-order valence-corrected chi connectivity index (χ0v) is 15.5. The molecule has 0 bridgehead atoms. The molecule has 26 heavy (non-hydrogen) atoms. The molecule has 0 saturated heterocycles. The zero-order valence-electron chi connectivity index (χ0n) is 15.5. The maximum absolute atomic E-state index is 12.0. The summed E-state index contributed by atoms with van der Waals surface area (Å²) in [4.78, 5) is 23.0. The number of ether oxygens (including phenoxy) is 1. The summed E-state index contributed by atoms with van der Waals surface area (Å²) in [5, 5.41) is 2.96. The van der Waals surface area contributed by atoms with Crippen molar-refractivity contribution in [1.82, 2.24) is 5.32 Å². The first-order chi connectivity index (χ1) is 12.5. The van der Waals surface area contributed by atoms with Crippen molar-refractivity contribution in [3.05, 3.63) is 65.7 Å². The lowest BCUT2D eigenvalue weighted by Crippen LogP contribution is -2.36. The Morgan fingerprint density at radius 3 is 2.27 bits per heavy atom. The van der Waals surface area contributed by atoms with Gasteiger partial charge in [0, 0.05) is 12.5 Å². The van der Waals surface area contributed by atoms with E-state index in [2.05, 4.69) is 17.4 Å². The molecule has 1 amide bonds. The maximum atomic E-state index is 12.0. The molecule has 4 heteroatoms. The Kier molecular flexibility index (Phi) is 7.87. The number of amides is 1. The number of carbonyl (C=O) groups is 2. The molecular weight excluding hydrogens is 326 g/mol. The van der Waals surface area contributed by atoms with Gasteiger partial charge in [0.1, 0.15) is 11.5 Å². The van der Waals surface area contributed by atoms with Crippen molar-refractivity contribution in [3.8, 4) is 5.75 Å². The maximum Gasteiger partial charge on any atom is 0.258 e. The van der Waals surface area contributed by atoms with Gasteiger partial charge >= 0.3 is 0 Å². The van der Waals surface area contributed by atoms with Crippen molar-refractivity contribution in [2.75, 3.05) is 6.61 Å². The fourth-order valence-electron chi connectivity index (χ4n) is 2.64. The number of hydrogen-bond donors (Lipinski definition) is 1. The third-order valence-corrected chi connectivity index (χ3v) is 4.18. The Morgan fingerprint density at radius 1 is 0.962 bits per heavy atom. The van der Waals surface area contributed by atoms with E-state index in [1.165, 1.54) is 5.56 Å². The molecule has 4 nitrogen and oxygen atoms in total. The van der Waals surface area contributed by atoms with E-state index in [-0.39, 0.29) is 24.3 Å². The molecular formula is C22H27NO3. The number of ketones is 1. The third kappa shape index (κ3) is 7.51. The van der Waals surface area contributed by atoms with Crippen LogP contribution in [0.1, 0.15) is 37.8 Å². The number of carbonyl (C=O) groups excluding carboxylic acids is 2. The Bertz CT molecular complexity index is 695. The minimum Gasteiger partial charge on any atom is -0.484 e. The average molecular weight is 353 g/mol. The van der Waals surface area contributed by atoms with E-state index < -0.39 is 0 Å². The summed E-state index contributed by atoms with van der Waals surface area (Å²) < 4.78 is 5.53. The first-order valence-electron chi connectivity index (χ1n) is 9.07. The average Bonchev–Trinajstić information content (AvgIpc) is 2.64. The molecule has 0 fully saturated rings. The SMILES string of the molecule is CC(=O)CCc1ccc(OCC(=O)NC(C)CCc2ccccc2)cc1. The summed E-state index contributed by atoms with van der Waals surface area (Å²) in [6.45, 7) is 3.60. The summed E-state index contributed by atoms with van der Waals surface area (Å²) in [5.74, 6) is 0.721. The van der Waals surface area contributed by atoms with E-state index in [1.807, 2.05) is 49.4 Å². The van der Waals surface area contributed by atoms with Crippen LogP contribution >= 0.6 is 0 Å². The molecule has 0 aliphatic carbocycles. The molecule has 0 aliphatic heterocycles. The molecule has 1 atom stereocenters. The van der Waals surface area contributed by atoms with E-state index >= 15 is 0 Å². The number of Topliss-reactive ketones (excluding diaryl/α,β-unsaturated/α-hetero) is 1. The van der Waals surface area contributed by atoms with Crippen molar-refractivity contribution < 1.29 is 14.3 Å². The second kappa shape index (κ2) is 10.4. The molecule has 0 heterocycles. The van der Waals surface area contributed by atoms with Gasteiger partial charge in [0.25, 0.3) is 5.91 Å². The summed E-state index contributed by atoms with van der Waals surface area (Å²) in [5.41, 5.74) is 2.36. The molecule has 0 spiro atoms. The number of benzene rings is 2. The van der Waals surface area contributed by atoms with Gasteiger partial charge in [-0.15, -0.1) is 0 Å². The van der Waals surface area contributed by atoms with Gasteiger partial charge in [-0.05, 0) is 56.4 Å². The first-order valence-corrected chi connectivity index (χ1v) is 9.07. The Labute approximate surface area is 155 Å². The largest absolute Gasteiger partial charge is 0.484 e. The predicted molar refractivity (Wildman–Crippen MR) is 103 cm³/mol. The van der Waals surface area contributed by atoms with Crippen LogP contribution in [0.15, 0.2) is 54.6 Å². The minimum absolute atomic E-state index is 0.00245. The van der Waals surface area contributed by atoms with Crippen LogP contribution in [0.2, 0.25) is 0 Å². The predicted octanol–water partition coefficient (Wildman–Crippen LogP) is 3.72. The van der Waals surface area contributed by atoms with Crippen LogP contribution in [-0.4, -0.2) is 24.3 Å².